The second-order valence-corrected chi connectivity index (χ2v) is 11.4. The summed E-state index contributed by atoms with van der Waals surface area (Å²) in [7, 11) is 0. The molecule has 0 unspecified atom stereocenters. The van der Waals surface area contributed by atoms with E-state index in [2.05, 4.69) is 204 Å². The van der Waals surface area contributed by atoms with Gasteiger partial charge in [0.2, 0.25) is 0 Å². The lowest BCUT2D eigenvalue weighted by atomic mass is 10.0. The average molecular weight is 589 g/mol. The first-order chi connectivity index (χ1) is 22.8. The van der Waals surface area contributed by atoms with Crippen LogP contribution in [0.3, 0.4) is 0 Å². The maximum atomic E-state index is 2.40. The molecule has 2 heteroatoms. The second-order valence-electron chi connectivity index (χ2n) is 11.4. The standard InChI is InChI=1S/C44H32N2/c1-3-17-37(18-4-1)45(38-19-5-2-6-20-38)39-29-25-33(26-30-39)34-27-31-40(32-28-34)46(43-23-11-15-35-13-7-9-21-41(35)43)44-24-12-16-36-14-8-10-22-42(36)44/h1-32H. The monoisotopic (exact) mass is 588 g/mol. The minimum absolute atomic E-state index is 1.12. The van der Waals surface area contributed by atoms with E-state index in [9.17, 15) is 0 Å². The van der Waals surface area contributed by atoms with Crippen molar-refractivity contribution in [1.82, 2.24) is 0 Å². The number of rotatable bonds is 7. The molecule has 0 heterocycles. The van der Waals surface area contributed by atoms with Crippen LogP contribution in [0.5, 0.6) is 0 Å². The fraction of sp³-hybridized carbons (Fsp3) is 0. The number of hydrogen-bond acceptors (Lipinski definition) is 2. The highest BCUT2D eigenvalue weighted by Gasteiger charge is 2.18. The molecule has 0 spiro atoms. The molecule has 8 rings (SSSR count). The van der Waals surface area contributed by atoms with Gasteiger partial charge in [-0.2, -0.15) is 0 Å². The Morgan fingerprint density at radius 1 is 0.239 bits per heavy atom. The number of para-hydroxylation sites is 2. The minimum Gasteiger partial charge on any atom is -0.311 e. The van der Waals surface area contributed by atoms with Gasteiger partial charge in [0.05, 0.1) is 11.4 Å². The molecule has 0 saturated carbocycles. The zero-order valence-electron chi connectivity index (χ0n) is 25.4. The quantitative estimate of drug-likeness (QED) is 0.183. The smallest absolute Gasteiger partial charge is 0.0540 e. The molecular formula is C44H32N2. The van der Waals surface area contributed by atoms with Gasteiger partial charge in [-0.1, -0.05) is 133 Å². The molecule has 218 valence electrons. The molecule has 2 nitrogen and oxygen atoms in total. The fourth-order valence-electron chi connectivity index (χ4n) is 6.42. The first-order valence-electron chi connectivity index (χ1n) is 15.7. The summed E-state index contributed by atoms with van der Waals surface area (Å²) in [4.78, 5) is 4.69. The van der Waals surface area contributed by atoms with Crippen molar-refractivity contribution in [3.8, 4) is 11.1 Å². The van der Waals surface area contributed by atoms with E-state index in [1.807, 2.05) is 0 Å². The SMILES string of the molecule is c1ccc(N(c2ccccc2)c2ccc(-c3ccc(N(c4cccc5ccccc45)c4cccc5ccccc45)cc3)cc2)cc1. The van der Waals surface area contributed by atoms with Gasteiger partial charge < -0.3 is 9.80 Å². The Labute approximate surface area is 270 Å². The van der Waals surface area contributed by atoms with Crippen LogP contribution in [0.15, 0.2) is 194 Å². The second kappa shape index (κ2) is 12.1. The first kappa shape index (κ1) is 27.4. The molecule has 0 aliphatic carbocycles. The van der Waals surface area contributed by atoms with E-state index in [-0.39, 0.29) is 0 Å². The Morgan fingerprint density at radius 2 is 0.587 bits per heavy atom. The minimum atomic E-state index is 1.12. The zero-order valence-corrected chi connectivity index (χ0v) is 25.4. The molecule has 0 saturated heterocycles. The normalized spacial score (nSPS) is 11.0. The molecule has 0 N–H and O–H groups in total. The zero-order chi connectivity index (χ0) is 30.7. The number of benzene rings is 8. The van der Waals surface area contributed by atoms with E-state index < -0.39 is 0 Å². The van der Waals surface area contributed by atoms with Crippen LogP contribution < -0.4 is 9.80 Å². The van der Waals surface area contributed by atoms with Gasteiger partial charge in [0.25, 0.3) is 0 Å². The van der Waals surface area contributed by atoms with Crippen LogP contribution in [0.1, 0.15) is 0 Å². The molecule has 0 aliphatic rings. The Balaban J connectivity index is 1.19. The van der Waals surface area contributed by atoms with E-state index in [4.69, 9.17) is 0 Å². The van der Waals surface area contributed by atoms with Gasteiger partial charge in [-0.3, -0.25) is 0 Å². The van der Waals surface area contributed by atoms with E-state index in [0.717, 1.165) is 34.1 Å². The number of hydrogen-bond donors (Lipinski definition) is 0. The Morgan fingerprint density at radius 3 is 1.04 bits per heavy atom. The molecule has 0 aromatic heterocycles. The van der Waals surface area contributed by atoms with Crippen LogP contribution in [-0.4, -0.2) is 0 Å². The van der Waals surface area contributed by atoms with Gasteiger partial charge in [-0.25, -0.2) is 0 Å². The Bertz CT molecular complexity index is 2110. The van der Waals surface area contributed by atoms with E-state index in [0.29, 0.717) is 0 Å². The van der Waals surface area contributed by atoms with Crippen molar-refractivity contribution >= 4 is 55.7 Å². The molecule has 8 aromatic carbocycles. The van der Waals surface area contributed by atoms with Gasteiger partial charge in [-0.15, -0.1) is 0 Å². The maximum Gasteiger partial charge on any atom is 0.0540 e. The maximum absolute atomic E-state index is 2.40. The third-order valence-corrected chi connectivity index (χ3v) is 8.63. The van der Waals surface area contributed by atoms with Gasteiger partial charge in [0.15, 0.2) is 0 Å². The van der Waals surface area contributed by atoms with Crippen molar-refractivity contribution in [1.29, 1.82) is 0 Å². The van der Waals surface area contributed by atoms with Crippen molar-refractivity contribution in [3.63, 3.8) is 0 Å². The lowest BCUT2D eigenvalue weighted by molar-refractivity contribution is 1.28. The van der Waals surface area contributed by atoms with Gasteiger partial charge in [0.1, 0.15) is 0 Å². The van der Waals surface area contributed by atoms with Gasteiger partial charge in [0, 0.05) is 33.5 Å². The molecular weight excluding hydrogens is 556 g/mol. The predicted molar refractivity (Wildman–Crippen MR) is 196 cm³/mol. The van der Waals surface area contributed by atoms with Crippen molar-refractivity contribution in [2.45, 2.75) is 0 Å². The number of fused-ring (bicyclic) bond motifs is 2. The van der Waals surface area contributed by atoms with E-state index in [1.54, 1.807) is 0 Å². The fourth-order valence-corrected chi connectivity index (χ4v) is 6.42. The van der Waals surface area contributed by atoms with Gasteiger partial charge >= 0.3 is 0 Å². The van der Waals surface area contributed by atoms with Crippen LogP contribution in [0, 0.1) is 0 Å². The molecule has 0 amide bonds. The molecule has 46 heavy (non-hydrogen) atoms. The molecule has 8 aromatic rings. The summed E-state index contributed by atoms with van der Waals surface area (Å²) in [6.45, 7) is 0. The Kier molecular flexibility index (Phi) is 7.22. The highest BCUT2D eigenvalue weighted by Crippen LogP contribution is 2.42. The van der Waals surface area contributed by atoms with E-state index >= 15 is 0 Å². The van der Waals surface area contributed by atoms with E-state index in [1.165, 1.54) is 32.7 Å². The molecule has 0 fully saturated rings. The summed E-state index contributed by atoms with van der Waals surface area (Å²) in [5.74, 6) is 0. The summed E-state index contributed by atoms with van der Waals surface area (Å²) in [5, 5.41) is 4.89. The third-order valence-electron chi connectivity index (χ3n) is 8.63. The predicted octanol–water partition coefficient (Wildman–Crippen LogP) is 12.6. The lowest BCUT2D eigenvalue weighted by Gasteiger charge is -2.28. The first-order valence-corrected chi connectivity index (χ1v) is 15.7. The highest BCUT2D eigenvalue weighted by atomic mass is 15.1. The van der Waals surface area contributed by atoms with Crippen LogP contribution in [0.25, 0.3) is 32.7 Å². The van der Waals surface area contributed by atoms with Crippen molar-refractivity contribution in [2.24, 2.45) is 0 Å². The molecule has 0 bridgehead atoms. The largest absolute Gasteiger partial charge is 0.311 e. The Hall–Kier alpha value is -6.12. The molecule has 0 atom stereocenters. The third kappa shape index (κ3) is 5.16. The van der Waals surface area contributed by atoms with Gasteiger partial charge in [-0.05, 0) is 82.6 Å². The number of anilines is 6. The highest BCUT2D eigenvalue weighted by molar-refractivity contribution is 6.04. The summed E-state index contributed by atoms with van der Waals surface area (Å²) in [6.07, 6.45) is 0. The molecule has 0 aliphatic heterocycles. The average Bonchev–Trinajstić information content (AvgIpc) is 3.14. The number of nitrogens with zero attached hydrogens (tertiary/aromatic N) is 2. The molecule has 0 radical (unpaired) electrons. The van der Waals surface area contributed by atoms with Crippen LogP contribution >= 0.6 is 0 Å². The summed E-state index contributed by atoms with van der Waals surface area (Å²) in [6, 6.07) is 69.2. The van der Waals surface area contributed by atoms with Crippen molar-refractivity contribution in [2.75, 3.05) is 9.80 Å². The lowest BCUT2D eigenvalue weighted by Crippen LogP contribution is -2.11. The van der Waals surface area contributed by atoms with Crippen molar-refractivity contribution in [3.05, 3.63) is 194 Å². The topological polar surface area (TPSA) is 6.48 Å². The van der Waals surface area contributed by atoms with Crippen LogP contribution in [-0.2, 0) is 0 Å². The summed E-state index contributed by atoms with van der Waals surface area (Å²) in [5.41, 5.74) is 9.18. The van der Waals surface area contributed by atoms with Crippen LogP contribution in [0.4, 0.5) is 34.1 Å². The van der Waals surface area contributed by atoms with Crippen LogP contribution in [0.2, 0.25) is 0 Å². The summed E-state index contributed by atoms with van der Waals surface area (Å²) >= 11 is 0. The van der Waals surface area contributed by atoms with Crippen molar-refractivity contribution < 1.29 is 0 Å². The summed E-state index contributed by atoms with van der Waals surface area (Å²) < 4.78 is 0.